The van der Waals surface area contributed by atoms with E-state index in [1.807, 2.05) is 0 Å². The molecule has 0 radical (unpaired) electrons. The van der Waals surface area contributed by atoms with Gasteiger partial charge in [-0.2, -0.15) is 0 Å². The molecular formula is C15H21ClFN3O2. The van der Waals surface area contributed by atoms with Crippen LogP contribution in [0.3, 0.4) is 0 Å². The molecule has 0 saturated carbocycles. The lowest BCUT2D eigenvalue weighted by Crippen LogP contribution is -2.40. The molecule has 1 saturated heterocycles. The van der Waals surface area contributed by atoms with Crippen LogP contribution in [0.5, 0.6) is 0 Å². The van der Waals surface area contributed by atoms with E-state index in [4.69, 9.17) is 16.3 Å². The molecule has 0 bridgehead atoms. The molecule has 3 N–H and O–H groups in total. The highest BCUT2D eigenvalue weighted by atomic mass is 35.5. The van der Waals surface area contributed by atoms with E-state index >= 15 is 0 Å². The lowest BCUT2D eigenvalue weighted by atomic mass is 10.1. The number of hydrogen-bond donors (Lipinski definition) is 3. The molecule has 0 aliphatic carbocycles. The zero-order chi connectivity index (χ0) is 15.9. The van der Waals surface area contributed by atoms with E-state index in [0.717, 1.165) is 13.1 Å². The van der Waals surface area contributed by atoms with E-state index in [-0.39, 0.29) is 29.6 Å². The van der Waals surface area contributed by atoms with Crippen LogP contribution in [0.2, 0.25) is 5.02 Å². The molecule has 1 aromatic rings. The summed E-state index contributed by atoms with van der Waals surface area (Å²) in [5, 5.41) is 9.28. The number of carbonyl (C=O) groups excluding carboxylic acids is 1. The van der Waals surface area contributed by atoms with Gasteiger partial charge in [0.05, 0.1) is 17.7 Å². The van der Waals surface area contributed by atoms with Gasteiger partial charge < -0.3 is 20.7 Å². The number of nitrogens with one attached hydrogen (secondary N) is 3. The first kappa shape index (κ1) is 17.1. The zero-order valence-electron chi connectivity index (χ0n) is 12.5. The van der Waals surface area contributed by atoms with Crippen molar-refractivity contribution in [1.29, 1.82) is 0 Å². The summed E-state index contributed by atoms with van der Waals surface area (Å²) in [5.74, 6) is -0.613. The number of halogens is 2. The standard InChI is InChI=1S/C15H21ClFN3O2/c1-22-6-5-18-11-7-13(19-9-11)15(21)20-8-10-3-2-4-12(16)14(10)17/h2-4,11,13,18-19H,5-9H2,1H3,(H,20,21)/t11-,13-/m0/s1. The molecule has 5 nitrogen and oxygen atoms in total. The van der Waals surface area contributed by atoms with Crippen molar-refractivity contribution in [2.45, 2.75) is 25.0 Å². The summed E-state index contributed by atoms with van der Waals surface area (Å²) in [5.41, 5.74) is 0.383. The molecule has 1 aromatic carbocycles. The van der Waals surface area contributed by atoms with Gasteiger partial charge >= 0.3 is 0 Å². The Morgan fingerprint density at radius 1 is 1.55 bits per heavy atom. The van der Waals surface area contributed by atoms with Crippen LogP contribution in [-0.4, -0.2) is 44.8 Å². The fraction of sp³-hybridized carbons (Fsp3) is 0.533. The van der Waals surface area contributed by atoms with Crippen LogP contribution in [0.4, 0.5) is 4.39 Å². The Kier molecular flexibility index (Phi) is 6.57. The molecular weight excluding hydrogens is 309 g/mol. The van der Waals surface area contributed by atoms with E-state index in [1.165, 1.54) is 6.07 Å². The number of carbonyl (C=O) groups is 1. The van der Waals surface area contributed by atoms with Crippen LogP contribution in [0, 0.1) is 5.82 Å². The monoisotopic (exact) mass is 329 g/mol. The van der Waals surface area contributed by atoms with Gasteiger partial charge in [0.2, 0.25) is 5.91 Å². The Morgan fingerprint density at radius 2 is 2.36 bits per heavy atom. The fourth-order valence-electron chi connectivity index (χ4n) is 2.45. The minimum atomic E-state index is -0.483. The first-order chi connectivity index (χ1) is 10.6. The summed E-state index contributed by atoms with van der Waals surface area (Å²) in [6, 6.07) is 4.74. The summed E-state index contributed by atoms with van der Waals surface area (Å²) in [4.78, 5) is 12.1. The van der Waals surface area contributed by atoms with Crippen molar-refractivity contribution in [2.24, 2.45) is 0 Å². The third kappa shape index (κ3) is 4.64. The molecule has 0 aromatic heterocycles. The molecule has 1 fully saturated rings. The molecule has 0 unspecified atom stereocenters. The van der Waals surface area contributed by atoms with Crippen molar-refractivity contribution in [3.8, 4) is 0 Å². The van der Waals surface area contributed by atoms with E-state index < -0.39 is 5.82 Å². The smallest absolute Gasteiger partial charge is 0.237 e. The molecule has 1 aliphatic rings. The number of hydrogen-bond acceptors (Lipinski definition) is 4. The van der Waals surface area contributed by atoms with Crippen molar-refractivity contribution >= 4 is 17.5 Å². The number of benzene rings is 1. The minimum Gasteiger partial charge on any atom is -0.383 e. The molecule has 1 heterocycles. The van der Waals surface area contributed by atoms with Crippen molar-refractivity contribution < 1.29 is 13.9 Å². The van der Waals surface area contributed by atoms with Gasteiger partial charge in [0, 0.05) is 38.3 Å². The average Bonchev–Trinajstić information content (AvgIpc) is 2.98. The Bertz CT molecular complexity index is 516. The number of ether oxygens (including phenoxy) is 1. The molecule has 7 heteroatoms. The summed E-state index contributed by atoms with van der Waals surface area (Å²) in [6.45, 7) is 2.25. The molecule has 2 atom stereocenters. The fourth-order valence-corrected chi connectivity index (χ4v) is 2.64. The molecule has 1 aliphatic heterocycles. The second-order valence-electron chi connectivity index (χ2n) is 5.27. The van der Waals surface area contributed by atoms with E-state index in [9.17, 15) is 9.18 Å². The Hall–Kier alpha value is -1.21. The SMILES string of the molecule is COCCN[C@@H]1CN[C@H](C(=O)NCc2cccc(Cl)c2F)C1. The largest absolute Gasteiger partial charge is 0.383 e. The maximum atomic E-state index is 13.7. The molecule has 122 valence electrons. The summed E-state index contributed by atoms with van der Waals surface area (Å²) < 4.78 is 18.7. The highest BCUT2D eigenvalue weighted by Crippen LogP contribution is 2.17. The predicted octanol–water partition coefficient (Wildman–Crippen LogP) is 1.06. The highest BCUT2D eigenvalue weighted by Gasteiger charge is 2.28. The van der Waals surface area contributed by atoms with Gasteiger partial charge in [-0.05, 0) is 12.5 Å². The van der Waals surface area contributed by atoms with Crippen molar-refractivity contribution in [3.63, 3.8) is 0 Å². The Labute approximate surface area is 134 Å². The van der Waals surface area contributed by atoms with Crippen LogP contribution < -0.4 is 16.0 Å². The topological polar surface area (TPSA) is 62.4 Å². The van der Waals surface area contributed by atoms with Crippen molar-refractivity contribution in [2.75, 3.05) is 26.8 Å². The van der Waals surface area contributed by atoms with Gasteiger partial charge in [-0.3, -0.25) is 4.79 Å². The van der Waals surface area contributed by atoms with Crippen LogP contribution in [0.1, 0.15) is 12.0 Å². The first-order valence-electron chi connectivity index (χ1n) is 7.28. The maximum Gasteiger partial charge on any atom is 0.237 e. The van der Waals surface area contributed by atoms with Crippen molar-refractivity contribution in [1.82, 2.24) is 16.0 Å². The third-order valence-electron chi connectivity index (χ3n) is 3.67. The third-order valence-corrected chi connectivity index (χ3v) is 3.96. The predicted molar refractivity (Wildman–Crippen MR) is 83.3 cm³/mol. The van der Waals surface area contributed by atoms with Crippen LogP contribution in [0.15, 0.2) is 18.2 Å². The van der Waals surface area contributed by atoms with Gasteiger partial charge in [-0.1, -0.05) is 23.7 Å². The van der Waals surface area contributed by atoms with Crippen LogP contribution >= 0.6 is 11.6 Å². The number of amides is 1. The van der Waals surface area contributed by atoms with Gasteiger partial charge in [-0.15, -0.1) is 0 Å². The van der Waals surface area contributed by atoms with Crippen LogP contribution in [-0.2, 0) is 16.1 Å². The van der Waals surface area contributed by atoms with E-state index in [0.29, 0.717) is 18.6 Å². The van der Waals surface area contributed by atoms with Gasteiger partial charge in [0.15, 0.2) is 0 Å². The van der Waals surface area contributed by atoms with E-state index in [1.54, 1.807) is 19.2 Å². The highest BCUT2D eigenvalue weighted by molar-refractivity contribution is 6.30. The first-order valence-corrected chi connectivity index (χ1v) is 7.66. The summed E-state index contributed by atoms with van der Waals surface area (Å²) >= 11 is 5.72. The Morgan fingerprint density at radius 3 is 3.14 bits per heavy atom. The normalized spacial score (nSPS) is 21.0. The number of methoxy groups -OCH3 is 1. The molecule has 0 spiro atoms. The average molecular weight is 330 g/mol. The molecule has 1 amide bonds. The van der Waals surface area contributed by atoms with E-state index in [2.05, 4.69) is 16.0 Å². The van der Waals surface area contributed by atoms with Gasteiger partial charge in [0.25, 0.3) is 0 Å². The molecule has 22 heavy (non-hydrogen) atoms. The lowest BCUT2D eigenvalue weighted by Gasteiger charge is -2.13. The summed E-state index contributed by atoms with van der Waals surface area (Å²) in [6.07, 6.45) is 0.702. The Balaban J connectivity index is 1.77. The molecule has 2 rings (SSSR count). The maximum absolute atomic E-state index is 13.7. The lowest BCUT2D eigenvalue weighted by molar-refractivity contribution is -0.123. The number of rotatable bonds is 7. The van der Waals surface area contributed by atoms with Gasteiger partial charge in [-0.25, -0.2) is 4.39 Å². The minimum absolute atomic E-state index is 0.0631. The van der Waals surface area contributed by atoms with Crippen molar-refractivity contribution in [3.05, 3.63) is 34.6 Å². The van der Waals surface area contributed by atoms with Crippen LogP contribution in [0.25, 0.3) is 0 Å². The zero-order valence-corrected chi connectivity index (χ0v) is 13.3. The van der Waals surface area contributed by atoms with Gasteiger partial charge in [0.1, 0.15) is 5.82 Å². The quantitative estimate of drug-likeness (QED) is 0.655. The second-order valence-corrected chi connectivity index (χ2v) is 5.68. The second kappa shape index (κ2) is 8.43. The summed E-state index contributed by atoms with van der Waals surface area (Å²) in [7, 11) is 1.65.